The molecule has 4 N–H and O–H groups in total. The first-order valence-electron chi connectivity index (χ1n) is 13.7. The Kier molecular flexibility index (Phi) is 8.66. The molecule has 1 aliphatic carbocycles. The fourth-order valence-electron chi connectivity index (χ4n) is 5.77. The molecule has 42 heavy (non-hydrogen) atoms. The van der Waals surface area contributed by atoms with Gasteiger partial charge in [-0.2, -0.15) is 0 Å². The third-order valence-electron chi connectivity index (χ3n) is 7.78. The van der Waals surface area contributed by atoms with Gasteiger partial charge in [0.1, 0.15) is 0 Å². The molecule has 0 spiro atoms. The van der Waals surface area contributed by atoms with E-state index in [2.05, 4.69) is 20.4 Å². The van der Waals surface area contributed by atoms with Crippen molar-refractivity contribution in [3.05, 3.63) is 46.3 Å². The number of halogens is 2. The summed E-state index contributed by atoms with van der Waals surface area (Å²) in [6.45, 7) is 0.104. The van der Waals surface area contributed by atoms with Gasteiger partial charge in [0.2, 0.25) is 0 Å². The van der Waals surface area contributed by atoms with Crippen molar-refractivity contribution >= 4 is 57.8 Å². The summed E-state index contributed by atoms with van der Waals surface area (Å²) in [5, 5.41) is 30.3. The normalized spacial score (nSPS) is 29.2. The summed E-state index contributed by atoms with van der Waals surface area (Å²) in [5.74, 6) is -0.202. The molecule has 0 radical (unpaired) electrons. The number of fused-ring (bicyclic) bond motifs is 1. The summed E-state index contributed by atoms with van der Waals surface area (Å²) in [7, 11) is -8.27. The fourth-order valence-corrected chi connectivity index (χ4v) is 11.4. The maximum atomic E-state index is 13.2. The third kappa shape index (κ3) is 6.39. The Labute approximate surface area is 252 Å². The quantitative estimate of drug-likeness (QED) is 0.205. The van der Waals surface area contributed by atoms with Crippen LogP contribution >= 0.6 is 31.1 Å². The molecule has 13 nitrogen and oxygen atoms in total. The first kappa shape index (κ1) is 30.3. The van der Waals surface area contributed by atoms with E-state index in [4.69, 9.17) is 37.0 Å². The van der Waals surface area contributed by atoms with Crippen LogP contribution in [0.1, 0.15) is 50.0 Å². The fraction of sp³-hybridized carbons (Fsp3) is 0.560. The molecule has 3 aliphatic rings. The molecule has 2 aromatic heterocycles. The molecule has 17 heteroatoms. The average Bonchev–Trinajstić information content (AvgIpc) is 3.65. The number of rotatable bonds is 8. The van der Waals surface area contributed by atoms with E-state index in [1.807, 2.05) is 0 Å². The zero-order valence-corrected chi connectivity index (χ0v) is 25.7. The summed E-state index contributed by atoms with van der Waals surface area (Å²) < 4.78 is 44.8. The van der Waals surface area contributed by atoms with Gasteiger partial charge >= 0.3 is 227 Å². The predicted octanol–water partition coefficient (Wildman–Crippen LogP) is 3.14. The standard InChI is InChI=1S/C25H32Cl2N5O8PS/c26-15-5-3-4-14(10-15)18-8-9-38-41(35,40-18)13-42(36,37)12-19-20(33)21(34)24(39-19)32-23-17(11-28-32)22(30-25(27)31-23)29-16-6-1-2-7-16/h3-5,10-11,16,18-21,24,33-35,41H,1-2,6-9,12-13H2,(H,29,30,31)/t18-,19+,20+,21+,24+/m0/s1. The first-order chi connectivity index (χ1) is 20.0. The van der Waals surface area contributed by atoms with E-state index < -0.39 is 59.7 Å². The number of hydrogen-bond acceptors (Lipinski definition) is 12. The number of nitrogens with one attached hydrogen (secondary N) is 1. The van der Waals surface area contributed by atoms with Crippen LogP contribution in [0.5, 0.6) is 0 Å². The number of ether oxygens (including phenoxy) is 1. The van der Waals surface area contributed by atoms with E-state index >= 15 is 0 Å². The molecule has 3 fully saturated rings. The van der Waals surface area contributed by atoms with Gasteiger partial charge in [-0.15, -0.1) is 0 Å². The summed E-state index contributed by atoms with van der Waals surface area (Å²) >= 11 is 12.3. The molecule has 0 unspecified atom stereocenters. The third-order valence-corrected chi connectivity index (χ3v) is 13.5. The Morgan fingerprint density at radius 1 is 1.12 bits per heavy atom. The van der Waals surface area contributed by atoms with Gasteiger partial charge in [-0.1, -0.05) is 12.8 Å². The number of sulfone groups is 1. The Bertz CT molecular complexity index is 1560. The number of aliphatic hydroxyl groups excluding tert-OH is 2. The van der Waals surface area contributed by atoms with E-state index in [-0.39, 0.29) is 23.6 Å². The number of anilines is 1. The van der Waals surface area contributed by atoms with Crippen LogP contribution in [0.4, 0.5) is 5.82 Å². The molecular formula is C25H32Cl2N5O8PS. The van der Waals surface area contributed by atoms with Gasteiger partial charge < -0.3 is 0 Å². The number of hydrogen-bond donors (Lipinski definition) is 4. The van der Waals surface area contributed by atoms with Crippen LogP contribution in [-0.4, -0.2) is 85.5 Å². The van der Waals surface area contributed by atoms with Crippen LogP contribution in [0, 0.1) is 0 Å². The Hall–Kier alpha value is -1.71. The van der Waals surface area contributed by atoms with Gasteiger partial charge in [0.15, 0.2) is 0 Å². The van der Waals surface area contributed by atoms with Crippen molar-refractivity contribution in [1.29, 1.82) is 0 Å². The minimum atomic E-state index is -4.17. The van der Waals surface area contributed by atoms with Gasteiger partial charge in [-0.25, -0.2) is 0 Å². The summed E-state index contributed by atoms with van der Waals surface area (Å²) in [6.07, 6.45) is -0.109. The van der Waals surface area contributed by atoms with Crippen LogP contribution in [-0.2, 0) is 23.6 Å². The first-order valence-corrected chi connectivity index (χ1v) is 18.2. The van der Waals surface area contributed by atoms with Crippen LogP contribution in [0.3, 0.4) is 0 Å². The van der Waals surface area contributed by atoms with Gasteiger partial charge in [-0.05, 0) is 12.8 Å². The Balaban J connectivity index is 1.17. The molecule has 0 amide bonds. The van der Waals surface area contributed by atoms with Crippen molar-refractivity contribution in [2.45, 2.75) is 68.8 Å². The molecule has 1 aromatic carbocycles. The van der Waals surface area contributed by atoms with Crippen molar-refractivity contribution in [2.24, 2.45) is 0 Å². The van der Waals surface area contributed by atoms with Crippen molar-refractivity contribution in [3.8, 4) is 0 Å². The topological polar surface area (TPSA) is 178 Å². The van der Waals surface area contributed by atoms with E-state index in [9.17, 15) is 23.5 Å². The molecule has 5 atom stereocenters. The van der Waals surface area contributed by atoms with Crippen LogP contribution in [0.25, 0.3) is 11.0 Å². The minimum absolute atomic E-state index is 0.0429. The van der Waals surface area contributed by atoms with E-state index in [0.29, 0.717) is 28.2 Å². The number of nitrogens with zero attached hydrogens (tertiary/aromatic N) is 4. The van der Waals surface area contributed by atoms with Gasteiger partial charge in [0.05, 0.1) is 0 Å². The monoisotopic (exact) mass is 663 g/mol. The SMILES string of the molecule is O=S(=O)(C[C@H]1O[C@@H](n2ncc3c(NC4CCCC4)nc(Cl)nc32)[C@H](O)[C@@H]1O)C[PH]1(O)OCC[C@@H](c2cccc(Cl)c2)O1. The molecule has 6 rings (SSSR count). The van der Waals surface area contributed by atoms with Crippen molar-refractivity contribution < 1.29 is 37.3 Å². The number of aliphatic hydroxyl groups is 2. The maximum absolute atomic E-state index is 13.2. The Morgan fingerprint density at radius 2 is 1.90 bits per heavy atom. The predicted molar refractivity (Wildman–Crippen MR) is 157 cm³/mol. The van der Waals surface area contributed by atoms with Crippen LogP contribution in [0.15, 0.2) is 30.5 Å². The van der Waals surface area contributed by atoms with E-state index in [0.717, 1.165) is 25.7 Å². The summed E-state index contributed by atoms with van der Waals surface area (Å²) in [4.78, 5) is 19.6. The second-order valence-electron chi connectivity index (χ2n) is 10.9. The van der Waals surface area contributed by atoms with Crippen molar-refractivity contribution in [1.82, 2.24) is 19.7 Å². The van der Waals surface area contributed by atoms with E-state index in [1.54, 1.807) is 24.3 Å². The van der Waals surface area contributed by atoms with Crippen LogP contribution in [0.2, 0.25) is 10.3 Å². The molecule has 3 aromatic rings. The molecular weight excluding hydrogens is 632 g/mol. The zero-order chi connectivity index (χ0) is 29.6. The molecule has 2 aliphatic heterocycles. The second kappa shape index (κ2) is 12.0. The van der Waals surface area contributed by atoms with Crippen LogP contribution < -0.4 is 5.32 Å². The molecule has 4 heterocycles. The summed E-state index contributed by atoms with van der Waals surface area (Å²) in [5.41, 5.74) is 0.174. The second-order valence-corrected chi connectivity index (χ2v) is 16.6. The molecule has 2 saturated heterocycles. The van der Waals surface area contributed by atoms with Crippen molar-refractivity contribution in [3.63, 3.8) is 0 Å². The molecule has 230 valence electrons. The van der Waals surface area contributed by atoms with Gasteiger partial charge in [0.25, 0.3) is 0 Å². The van der Waals surface area contributed by atoms with Gasteiger partial charge in [0, 0.05) is 0 Å². The van der Waals surface area contributed by atoms with Crippen molar-refractivity contribution in [2.75, 3.05) is 23.2 Å². The average molecular weight is 665 g/mol. The number of benzene rings is 1. The Morgan fingerprint density at radius 3 is 2.67 bits per heavy atom. The van der Waals surface area contributed by atoms with Gasteiger partial charge in [-0.3, -0.25) is 0 Å². The van der Waals surface area contributed by atoms with E-state index in [1.165, 1.54) is 10.9 Å². The molecule has 0 bridgehead atoms. The molecule has 1 saturated carbocycles. The number of aromatic nitrogens is 4. The zero-order valence-electron chi connectivity index (χ0n) is 22.3. The summed E-state index contributed by atoms with van der Waals surface area (Å²) in [6, 6.07) is 7.15.